The number of hydrogen-bond donors (Lipinski definition) is 5. The number of nitrogens with zero attached hydrogens (tertiary/aromatic N) is 1. The quantitative estimate of drug-likeness (QED) is 0.0853. The minimum absolute atomic E-state index is 0.0215. The molecule has 1 saturated carbocycles. The van der Waals surface area contributed by atoms with E-state index in [4.69, 9.17) is 19.3 Å². The molecular formula is C43H71NO13. The number of amides is 1. The van der Waals surface area contributed by atoms with E-state index in [0.717, 1.165) is 30.4 Å². The van der Waals surface area contributed by atoms with Gasteiger partial charge in [-0.1, -0.05) is 51.3 Å². The average molecular weight is 810 g/mol. The number of cyclic esters (lactones) is 1. The topological polar surface area (TPSA) is 217 Å². The summed E-state index contributed by atoms with van der Waals surface area (Å²) in [6.07, 6.45) is 6.10. The molecule has 1 aliphatic carbocycles. The molecule has 57 heavy (non-hydrogen) atoms. The number of aliphatic hydroxyl groups is 5. The van der Waals surface area contributed by atoms with Gasteiger partial charge in [-0.25, -0.2) is 4.79 Å². The summed E-state index contributed by atoms with van der Waals surface area (Å²) in [4.78, 5) is 67.8. The monoisotopic (exact) mass is 809 g/mol. The largest absolute Gasteiger partial charge is 0.456 e. The van der Waals surface area contributed by atoms with Crippen LogP contribution < -0.4 is 0 Å². The smallest absolute Gasteiger partial charge is 0.329 e. The summed E-state index contributed by atoms with van der Waals surface area (Å²) in [5, 5.41) is 51.2. The van der Waals surface area contributed by atoms with Gasteiger partial charge in [0.25, 0.3) is 11.7 Å². The van der Waals surface area contributed by atoms with E-state index in [9.17, 15) is 44.4 Å². The van der Waals surface area contributed by atoms with Crippen molar-refractivity contribution in [3.63, 3.8) is 0 Å². The van der Waals surface area contributed by atoms with Crippen LogP contribution in [0.5, 0.6) is 0 Å². The summed E-state index contributed by atoms with van der Waals surface area (Å²) < 4.78 is 17.3. The number of esters is 1. The van der Waals surface area contributed by atoms with Crippen molar-refractivity contribution in [2.45, 2.75) is 160 Å². The van der Waals surface area contributed by atoms with Crippen LogP contribution in [0.15, 0.2) is 23.3 Å². The summed E-state index contributed by atoms with van der Waals surface area (Å²) in [6, 6.07) is -1.21. The van der Waals surface area contributed by atoms with Crippen molar-refractivity contribution in [1.82, 2.24) is 4.90 Å². The standard InChI is InChI=1S/C42H67NO12.CH4O/c1-25-11-10-12-32(53-6)22-28(4)42(51,52)39(48)40(49)43-17-9-8-13-33(43)41(50)55-38(27(3)21-30-14-15-34(45)37(23-30)54-7)29(5)35(46)24-36(47)31(16-18-44)20-26(2)19-25;1-2/h18,20-21,25,28-35,37-38,45-46,51-52H,8-17,19,22-24H2,1-7H3;2H,1H3/b26-20-,27-21+;/t25-,28-,29-,30+,31?,32-,33+,34-,35+,37-,38?;/m1./s1. The minimum atomic E-state index is -3.01. The summed E-state index contributed by atoms with van der Waals surface area (Å²) >= 11 is 0. The molecule has 0 aromatic carbocycles. The molecule has 14 heteroatoms. The summed E-state index contributed by atoms with van der Waals surface area (Å²) in [5.74, 6) is -9.23. The fourth-order valence-corrected chi connectivity index (χ4v) is 8.55. The number of carbonyl (C=O) groups excluding carboxylic acids is 5. The van der Waals surface area contributed by atoms with Crippen LogP contribution in [0.25, 0.3) is 0 Å². The van der Waals surface area contributed by atoms with E-state index in [1.54, 1.807) is 19.9 Å². The third-order valence-corrected chi connectivity index (χ3v) is 12.1. The van der Waals surface area contributed by atoms with E-state index >= 15 is 0 Å². The summed E-state index contributed by atoms with van der Waals surface area (Å²) in [5.41, 5.74) is 1.54. The second-order valence-electron chi connectivity index (χ2n) is 16.6. The maximum Gasteiger partial charge on any atom is 0.329 e. The van der Waals surface area contributed by atoms with E-state index in [-0.39, 0.29) is 56.0 Å². The molecule has 0 aromatic rings. The molecule has 11 atom stereocenters. The molecule has 2 fully saturated rings. The van der Waals surface area contributed by atoms with Gasteiger partial charge in [0.05, 0.1) is 24.4 Å². The fraction of sp³-hybridized carbons (Fsp3) is 0.791. The highest BCUT2D eigenvalue weighted by Gasteiger charge is 2.48. The van der Waals surface area contributed by atoms with Crippen LogP contribution in [0.4, 0.5) is 0 Å². The molecule has 14 nitrogen and oxygen atoms in total. The summed E-state index contributed by atoms with van der Waals surface area (Å²) in [6.45, 7) is 8.93. The van der Waals surface area contributed by atoms with Crippen molar-refractivity contribution < 1.29 is 63.7 Å². The number of hydrogen-bond acceptors (Lipinski definition) is 13. The molecule has 326 valence electrons. The van der Waals surface area contributed by atoms with Gasteiger partial charge in [0.15, 0.2) is 0 Å². The Morgan fingerprint density at radius 3 is 2.23 bits per heavy atom. The fourth-order valence-electron chi connectivity index (χ4n) is 8.55. The van der Waals surface area contributed by atoms with Gasteiger partial charge in [-0.05, 0) is 89.0 Å². The number of piperidine rings is 1. The Morgan fingerprint density at radius 2 is 1.60 bits per heavy atom. The van der Waals surface area contributed by atoms with Crippen molar-refractivity contribution in [2.24, 2.45) is 29.6 Å². The van der Waals surface area contributed by atoms with Crippen LogP contribution >= 0.6 is 0 Å². The van der Waals surface area contributed by atoms with Gasteiger partial charge < -0.3 is 49.4 Å². The van der Waals surface area contributed by atoms with Crippen LogP contribution in [0.2, 0.25) is 0 Å². The first-order valence-electron chi connectivity index (χ1n) is 20.6. The third-order valence-electron chi connectivity index (χ3n) is 12.1. The maximum atomic E-state index is 14.1. The zero-order valence-corrected chi connectivity index (χ0v) is 35.4. The van der Waals surface area contributed by atoms with Crippen LogP contribution in [-0.4, -0.2) is 130 Å². The van der Waals surface area contributed by atoms with E-state index in [1.165, 1.54) is 21.1 Å². The molecule has 2 aliphatic heterocycles. The molecule has 0 aromatic heterocycles. The SMILES string of the molecule is CO.CO[C@@H]1CCC[C@@H](C)C/C(C)=C\C(CC=O)C(=O)C[C@H](O)[C@@H](C)C(/C(C)=C/[C@@H]2CC[C@@H](O)[C@H](OC)C2)OC(=O)[C@@H]2CCCCN2C(=O)C(=O)C(O)(O)[C@H](C)C1. The molecule has 1 amide bonds. The van der Waals surface area contributed by atoms with Crippen molar-refractivity contribution in [3.8, 4) is 0 Å². The number of methoxy groups -OCH3 is 2. The van der Waals surface area contributed by atoms with Gasteiger partial charge in [-0.3, -0.25) is 14.4 Å². The first kappa shape index (κ1) is 50.3. The first-order chi connectivity index (χ1) is 26.9. The number of Topliss-reactive ketones (excluding diaryl/α,β-unsaturated/α-hetero) is 2. The van der Waals surface area contributed by atoms with Gasteiger partial charge in [-0.2, -0.15) is 0 Å². The molecule has 3 rings (SSSR count). The second kappa shape index (κ2) is 24.3. The predicted octanol–water partition coefficient (Wildman–Crippen LogP) is 3.62. The lowest BCUT2D eigenvalue weighted by atomic mass is 9.81. The number of rotatable bonds is 6. The van der Waals surface area contributed by atoms with Crippen LogP contribution in [-0.2, 0) is 38.2 Å². The average Bonchev–Trinajstić information content (AvgIpc) is 3.19. The Balaban J connectivity index is 0.00000551. The molecule has 2 heterocycles. The lowest BCUT2D eigenvalue weighted by Gasteiger charge is -2.38. The van der Waals surface area contributed by atoms with E-state index in [0.29, 0.717) is 56.8 Å². The van der Waals surface area contributed by atoms with E-state index in [1.807, 2.05) is 13.0 Å². The third kappa shape index (κ3) is 14.4. The van der Waals surface area contributed by atoms with Crippen LogP contribution in [0.1, 0.15) is 118 Å². The minimum Gasteiger partial charge on any atom is -0.456 e. The first-order valence-corrected chi connectivity index (χ1v) is 20.6. The zero-order chi connectivity index (χ0) is 43.0. The zero-order valence-electron chi connectivity index (χ0n) is 35.4. The Bertz CT molecular complexity index is 1380. The predicted molar refractivity (Wildman–Crippen MR) is 212 cm³/mol. The maximum absolute atomic E-state index is 14.1. The number of fused-ring (bicyclic) bond motifs is 1. The van der Waals surface area contributed by atoms with Crippen molar-refractivity contribution in [3.05, 3.63) is 23.3 Å². The van der Waals surface area contributed by atoms with Gasteiger partial charge in [0.1, 0.15) is 24.2 Å². The van der Waals surface area contributed by atoms with E-state index < -0.39 is 71.7 Å². The molecule has 5 N–H and O–H groups in total. The molecule has 3 aliphatic rings. The van der Waals surface area contributed by atoms with E-state index in [2.05, 4.69) is 6.92 Å². The normalized spacial score (nSPS) is 35.8. The molecule has 2 unspecified atom stereocenters. The van der Waals surface area contributed by atoms with Crippen molar-refractivity contribution >= 4 is 29.7 Å². The summed E-state index contributed by atoms with van der Waals surface area (Å²) in [7, 11) is 4.05. The highest BCUT2D eigenvalue weighted by molar-refractivity contribution is 6.39. The Labute approximate surface area is 339 Å². The Kier molecular flexibility index (Phi) is 21.4. The molecule has 1 saturated heterocycles. The van der Waals surface area contributed by atoms with Gasteiger partial charge in [0.2, 0.25) is 5.79 Å². The highest BCUT2D eigenvalue weighted by atomic mass is 16.5. The number of allylic oxidation sites excluding steroid dienone is 3. The number of aldehydes is 1. The lowest BCUT2D eigenvalue weighted by molar-refractivity contribution is -0.208. The van der Waals surface area contributed by atoms with Gasteiger partial charge in [0, 0.05) is 58.5 Å². The van der Waals surface area contributed by atoms with Crippen LogP contribution in [0.3, 0.4) is 0 Å². The molecule has 0 bridgehead atoms. The number of carbonyl (C=O) groups is 5. The van der Waals surface area contributed by atoms with Crippen molar-refractivity contribution in [2.75, 3.05) is 27.9 Å². The van der Waals surface area contributed by atoms with Gasteiger partial charge in [-0.15, -0.1) is 0 Å². The Hall–Kier alpha value is -2.85. The Morgan fingerprint density at radius 1 is 0.912 bits per heavy atom. The number of ketones is 2. The molecule has 0 radical (unpaired) electrons. The second-order valence-corrected chi connectivity index (χ2v) is 16.6. The van der Waals surface area contributed by atoms with Crippen molar-refractivity contribution in [1.29, 1.82) is 0 Å². The highest BCUT2D eigenvalue weighted by Crippen LogP contribution is 2.33. The molecular weight excluding hydrogens is 738 g/mol. The molecule has 0 spiro atoms. The number of aliphatic hydroxyl groups excluding tert-OH is 3. The lowest BCUT2D eigenvalue weighted by Crippen LogP contribution is -2.58. The van der Waals surface area contributed by atoms with Gasteiger partial charge >= 0.3 is 5.97 Å². The number of ether oxygens (including phenoxy) is 3. The van der Waals surface area contributed by atoms with Crippen LogP contribution in [0, 0.1) is 29.6 Å².